The standard InChI is InChI=1S/C22H26Cl2N4O4S2/c1-2-11-27-34(31,32)22(9-12-25-13-10-22)15-5-3-4-6-19(15)33(29,30)28-18-8-7-16(23)20-17(24)14-26-21(18)20/h3-8,14,25-28H,2,9-13H2,1H3. The fourth-order valence-corrected chi connectivity index (χ4v) is 8.38. The fourth-order valence-electron chi connectivity index (χ4n) is 4.42. The lowest BCUT2D eigenvalue weighted by molar-refractivity contribution is 0.385. The number of nitrogens with one attached hydrogen (secondary N) is 4. The number of aromatic amines is 1. The van der Waals surface area contributed by atoms with Gasteiger partial charge in [-0.15, -0.1) is 0 Å². The summed E-state index contributed by atoms with van der Waals surface area (Å²) in [5.74, 6) is 0. The summed E-state index contributed by atoms with van der Waals surface area (Å²) < 4.78 is 58.3. The minimum Gasteiger partial charge on any atom is -0.358 e. The Morgan fingerprint density at radius 2 is 1.71 bits per heavy atom. The molecule has 1 aromatic heterocycles. The molecule has 1 saturated heterocycles. The molecule has 1 aliphatic rings. The molecule has 34 heavy (non-hydrogen) atoms. The number of halogens is 2. The maximum Gasteiger partial charge on any atom is 0.262 e. The number of benzene rings is 2. The molecule has 4 rings (SSSR count). The summed E-state index contributed by atoms with van der Waals surface area (Å²) in [6, 6.07) is 9.37. The SMILES string of the molecule is CCCNS(=O)(=O)C1(c2ccccc2S(=O)(=O)Nc2ccc(Cl)c3c(Cl)c[nH]c23)CCNCC1. The number of sulfonamides is 2. The molecular formula is C22H26Cl2N4O4S2. The van der Waals surface area contributed by atoms with Gasteiger partial charge in [0, 0.05) is 18.1 Å². The average molecular weight is 546 g/mol. The molecule has 4 N–H and O–H groups in total. The van der Waals surface area contributed by atoms with Crippen molar-refractivity contribution < 1.29 is 16.8 Å². The summed E-state index contributed by atoms with van der Waals surface area (Å²) in [6.45, 7) is 3.06. The Morgan fingerprint density at radius 3 is 2.41 bits per heavy atom. The van der Waals surface area contributed by atoms with Gasteiger partial charge >= 0.3 is 0 Å². The van der Waals surface area contributed by atoms with Crippen molar-refractivity contribution in [3.8, 4) is 0 Å². The smallest absolute Gasteiger partial charge is 0.262 e. The van der Waals surface area contributed by atoms with Crippen molar-refractivity contribution in [3.63, 3.8) is 0 Å². The van der Waals surface area contributed by atoms with Crippen molar-refractivity contribution in [2.24, 2.45) is 0 Å². The molecule has 184 valence electrons. The molecule has 0 aliphatic carbocycles. The van der Waals surface area contributed by atoms with Crippen LogP contribution in [0.1, 0.15) is 31.7 Å². The summed E-state index contributed by atoms with van der Waals surface area (Å²) in [6.07, 6.45) is 2.65. The molecule has 0 spiro atoms. The Kier molecular flexibility index (Phi) is 7.19. The Labute approximate surface area is 209 Å². The van der Waals surface area contributed by atoms with E-state index in [-0.39, 0.29) is 35.5 Å². The molecule has 0 radical (unpaired) electrons. The second-order valence-electron chi connectivity index (χ2n) is 8.23. The van der Waals surface area contributed by atoms with Gasteiger partial charge in [0.1, 0.15) is 4.75 Å². The maximum atomic E-state index is 13.7. The van der Waals surface area contributed by atoms with E-state index in [0.717, 1.165) is 0 Å². The number of fused-ring (bicyclic) bond motifs is 1. The first-order valence-corrected chi connectivity index (χ1v) is 14.6. The van der Waals surface area contributed by atoms with Gasteiger partial charge in [0.05, 0.1) is 26.1 Å². The van der Waals surface area contributed by atoms with Crippen LogP contribution in [0.4, 0.5) is 5.69 Å². The highest BCUT2D eigenvalue weighted by Gasteiger charge is 2.48. The number of anilines is 1. The third kappa shape index (κ3) is 4.43. The summed E-state index contributed by atoms with van der Waals surface area (Å²) in [7, 11) is -8.05. The highest BCUT2D eigenvalue weighted by Crippen LogP contribution is 2.42. The summed E-state index contributed by atoms with van der Waals surface area (Å²) in [5.41, 5.74) is 0.946. The van der Waals surface area contributed by atoms with Gasteiger partial charge in [-0.25, -0.2) is 21.6 Å². The topological polar surface area (TPSA) is 120 Å². The van der Waals surface area contributed by atoms with Crippen LogP contribution in [-0.2, 0) is 24.8 Å². The van der Waals surface area contributed by atoms with E-state index in [1.807, 2.05) is 6.92 Å². The van der Waals surface area contributed by atoms with Crippen LogP contribution in [0.3, 0.4) is 0 Å². The lowest BCUT2D eigenvalue weighted by Crippen LogP contribution is -2.51. The predicted octanol–water partition coefficient (Wildman–Crippen LogP) is 4.18. The fraction of sp³-hybridized carbons (Fsp3) is 0.364. The highest BCUT2D eigenvalue weighted by molar-refractivity contribution is 7.93. The third-order valence-corrected chi connectivity index (χ3v) is 10.4. The Hall–Kier alpha value is -1.82. The maximum absolute atomic E-state index is 13.7. The van der Waals surface area contributed by atoms with E-state index in [1.54, 1.807) is 24.3 Å². The second kappa shape index (κ2) is 9.67. The van der Waals surface area contributed by atoms with Crippen molar-refractivity contribution in [2.45, 2.75) is 35.8 Å². The first kappa shape index (κ1) is 25.3. The van der Waals surface area contributed by atoms with Crippen LogP contribution in [-0.4, -0.2) is 41.5 Å². The van der Waals surface area contributed by atoms with E-state index in [2.05, 4.69) is 19.7 Å². The van der Waals surface area contributed by atoms with Crippen molar-refractivity contribution in [1.82, 2.24) is 15.0 Å². The lowest BCUT2D eigenvalue weighted by atomic mass is 9.89. The van der Waals surface area contributed by atoms with E-state index < -0.39 is 24.8 Å². The number of hydrogen-bond donors (Lipinski definition) is 4. The van der Waals surface area contributed by atoms with Crippen LogP contribution in [0.5, 0.6) is 0 Å². The van der Waals surface area contributed by atoms with Crippen molar-refractivity contribution >= 4 is 59.8 Å². The average Bonchev–Trinajstić information content (AvgIpc) is 3.22. The molecule has 0 bridgehead atoms. The number of aromatic nitrogens is 1. The molecule has 3 aromatic rings. The van der Waals surface area contributed by atoms with Gasteiger partial charge < -0.3 is 10.3 Å². The van der Waals surface area contributed by atoms with Crippen LogP contribution in [0.2, 0.25) is 10.0 Å². The quantitative estimate of drug-likeness (QED) is 0.339. The molecule has 12 heteroatoms. The second-order valence-corrected chi connectivity index (χ2v) is 12.8. The lowest BCUT2D eigenvalue weighted by Gasteiger charge is -2.38. The molecule has 8 nitrogen and oxygen atoms in total. The minimum absolute atomic E-state index is 0.0838. The van der Waals surface area contributed by atoms with Gasteiger partial charge in [0.25, 0.3) is 10.0 Å². The van der Waals surface area contributed by atoms with Crippen LogP contribution < -0.4 is 14.8 Å². The van der Waals surface area contributed by atoms with E-state index in [1.165, 1.54) is 18.3 Å². The van der Waals surface area contributed by atoms with Crippen molar-refractivity contribution in [2.75, 3.05) is 24.4 Å². The monoisotopic (exact) mass is 544 g/mol. The first-order valence-electron chi connectivity index (χ1n) is 10.9. The minimum atomic E-state index is -4.18. The number of rotatable bonds is 8. The molecule has 1 aliphatic heterocycles. The Balaban J connectivity index is 1.84. The van der Waals surface area contributed by atoms with Gasteiger partial charge in [0.15, 0.2) is 0 Å². The highest BCUT2D eigenvalue weighted by atomic mass is 35.5. The zero-order chi connectivity index (χ0) is 24.6. The summed E-state index contributed by atoms with van der Waals surface area (Å²) in [4.78, 5) is 2.86. The molecule has 0 amide bonds. The third-order valence-electron chi connectivity index (χ3n) is 6.12. The van der Waals surface area contributed by atoms with E-state index in [9.17, 15) is 16.8 Å². The molecule has 0 saturated carbocycles. The van der Waals surface area contributed by atoms with Crippen molar-refractivity contribution in [3.05, 3.63) is 58.2 Å². The van der Waals surface area contributed by atoms with Crippen molar-refractivity contribution in [1.29, 1.82) is 0 Å². The van der Waals surface area contributed by atoms with Gasteiger partial charge in [-0.2, -0.15) is 0 Å². The Morgan fingerprint density at radius 1 is 1.00 bits per heavy atom. The van der Waals surface area contributed by atoms with Crippen LogP contribution >= 0.6 is 23.2 Å². The number of piperidine rings is 1. The molecular weight excluding hydrogens is 519 g/mol. The first-order chi connectivity index (χ1) is 16.1. The summed E-state index contributed by atoms with van der Waals surface area (Å²) in [5, 5.41) is 4.42. The number of hydrogen-bond acceptors (Lipinski definition) is 5. The van der Waals surface area contributed by atoms with Crippen LogP contribution in [0.15, 0.2) is 47.5 Å². The predicted molar refractivity (Wildman–Crippen MR) is 137 cm³/mol. The van der Waals surface area contributed by atoms with Gasteiger partial charge in [-0.05, 0) is 56.1 Å². The molecule has 2 heterocycles. The molecule has 1 fully saturated rings. The molecule has 0 unspecified atom stereocenters. The zero-order valence-electron chi connectivity index (χ0n) is 18.5. The van der Waals surface area contributed by atoms with E-state index >= 15 is 0 Å². The van der Waals surface area contributed by atoms with E-state index in [4.69, 9.17) is 23.2 Å². The van der Waals surface area contributed by atoms with Gasteiger partial charge in [-0.1, -0.05) is 48.3 Å². The summed E-state index contributed by atoms with van der Waals surface area (Å²) >= 11 is 12.4. The van der Waals surface area contributed by atoms with E-state index in [0.29, 0.717) is 40.5 Å². The largest absolute Gasteiger partial charge is 0.358 e. The zero-order valence-corrected chi connectivity index (χ0v) is 21.6. The van der Waals surface area contributed by atoms with Crippen LogP contribution in [0, 0.1) is 0 Å². The molecule has 0 atom stereocenters. The Bertz CT molecular complexity index is 1420. The van der Waals surface area contributed by atoms with Gasteiger partial charge in [0.2, 0.25) is 10.0 Å². The van der Waals surface area contributed by atoms with Gasteiger partial charge in [-0.3, -0.25) is 4.72 Å². The normalized spacial score (nSPS) is 16.6. The molecule has 2 aromatic carbocycles. The van der Waals surface area contributed by atoms with Crippen LogP contribution in [0.25, 0.3) is 10.9 Å². The number of H-pyrrole nitrogens is 1.